The predicted octanol–water partition coefficient (Wildman–Crippen LogP) is 12.9. The number of carbonyl (C=O) groups excluding carboxylic acids is 2. The van der Waals surface area contributed by atoms with Crippen LogP contribution in [0.2, 0.25) is 0 Å². The number of amides is 1. The van der Waals surface area contributed by atoms with E-state index < -0.39 is 26.5 Å². The van der Waals surface area contributed by atoms with Crippen molar-refractivity contribution in [3.8, 4) is 0 Å². The quantitative estimate of drug-likeness (QED) is 0.0240. The van der Waals surface area contributed by atoms with E-state index >= 15 is 0 Å². The molecule has 0 rings (SSSR count). The molecule has 9 nitrogen and oxygen atoms in total. The van der Waals surface area contributed by atoms with Gasteiger partial charge in [-0.1, -0.05) is 158 Å². The van der Waals surface area contributed by atoms with Crippen molar-refractivity contribution in [3.05, 3.63) is 60.8 Å². The highest BCUT2D eigenvalue weighted by Crippen LogP contribution is 2.42. The lowest BCUT2D eigenvalue weighted by molar-refractivity contribution is -0.147. The van der Waals surface area contributed by atoms with Crippen molar-refractivity contribution in [2.24, 2.45) is 0 Å². The topological polar surface area (TPSA) is 131 Å². The molecule has 3 N–H and O–H groups in total. The molecule has 0 saturated heterocycles. The number of phosphoric ester groups is 1. The SMILES string of the molecule is CCCCC/C=C\C/C=C\C/C=C\CCCCCCCCC(=O)NCCOP(=O)(O)OCC(O)COC(=O)CCCCCCCCC/C=C\C/C=C\CCCCC. The molecule has 2 unspecified atom stereocenters. The van der Waals surface area contributed by atoms with Gasteiger partial charge in [0.1, 0.15) is 12.7 Å². The number of esters is 1. The summed E-state index contributed by atoms with van der Waals surface area (Å²) < 4.78 is 26.9. The average Bonchev–Trinajstić information content (AvgIpc) is 3.20. The molecular formula is C47H84NO8P. The van der Waals surface area contributed by atoms with Crippen molar-refractivity contribution in [2.45, 2.75) is 200 Å². The fourth-order valence-corrected chi connectivity index (χ4v) is 6.70. The predicted molar refractivity (Wildman–Crippen MR) is 238 cm³/mol. The molecule has 0 radical (unpaired) electrons. The maximum absolute atomic E-state index is 12.1. The third-order valence-electron chi connectivity index (χ3n) is 9.42. The molecule has 0 spiro atoms. The normalized spacial score (nSPS) is 13.8. The molecule has 0 aliphatic heterocycles. The number of unbranched alkanes of at least 4 members (excludes halogenated alkanes) is 19. The minimum absolute atomic E-state index is 0.0710. The van der Waals surface area contributed by atoms with Gasteiger partial charge in [0.2, 0.25) is 5.91 Å². The number of phosphoric acid groups is 1. The van der Waals surface area contributed by atoms with E-state index in [1.807, 2.05) is 0 Å². The second kappa shape index (κ2) is 43.3. The molecule has 0 aromatic heterocycles. The van der Waals surface area contributed by atoms with Crippen LogP contribution in [0.25, 0.3) is 0 Å². The van der Waals surface area contributed by atoms with E-state index in [0.29, 0.717) is 6.42 Å². The molecule has 0 aromatic carbocycles. The Morgan fingerprint density at radius 1 is 0.544 bits per heavy atom. The fraction of sp³-hybridized carbons (Fsp3) is 0.745. The maximum atomic E-state index is 12.1. The molecule has 57 heavy (non-hydrogen) atoms. The van der Waals surface area contributed by atoms with Crippen LogP contribution in [0.1, 0.15) is 194 Å². The average molecular weight is 822 g/mol. The van der Waals surface area contributed by atoms with Crippen LogP contribution < -0.4 is 5.32 Å². The fourth-order valence-electron chi connectivity index (χ4n) is 5.95. The first-order valence-electron chi connectivity index (χ1n) is 22.8. The highest BCUT2D eigenvalue weighted by Gasteiger charge is 2.23. The Kier molecular flexibility index (Phi) is 41.6. The van der Waals surface area contributed by atoms with Crippen LogP contribution in [0.4, 0.5) is 0 Å². The lowest BCUT2D eigenvalue weighted by atomic mass is 10.1. The molecule has 1 amide bonds. The van der Waals surface area contributed by atoms with Gasteiger partial charge in [0, 0.05) is 19.4 Å². The van der Waals surface area contributed by atoms with Crippen molar-refractivity contribution >= 4 is 19.7 Å². The summed E-state index contributed by atoms with van der Waals surface area (Å²) in [6.07, 6.45) is 51.4. The van der Waals surface area contributed by atoms with Crippen molar-refractivity contribution in [2.75, 3.05) is 26.4 Å². The summed E-state index contributed by atoms with van der Waals surface area (Å²) in [5, 5.41) is 12.7. The Labute approximate surface area is 348 Å². The highest BCUT2D eigenvalue weighted by atomic mass is 31.2. The van der Waals surface area contributed by atoms with Crippen LogP contribution in [0.3, 0.4) is 0 Å². The highest BCUT2D eigenvalue weighted by molar-refractivity contribution is 7.47. The van der Waals surface area contributed by atoms with Crippen LogP contribution in [0.15, 0.2) is 60.8 Å². The monoisotopic (exact) mass is 822 g/mol. The van der Waals surface area contributed by atoms with E-state index in [0.717, 1.165) is 83.5 Å². The van der Waals surface area contributed by atoms with E-state index in [1.54, 1.807) is 0 Å². The van der Waals surface area contributed by atoms with Gasteiger partial charge in [-0.05, 0) is 83.5 Å². The molecule has 10 heteroatoms. The minimum Gasteiger partial charge on any atom is -0.463 e. The molecule has 0 fully saturated rings. The molecular weight excluding hydrogens is 737 g/mol. The van der Waals surface area contributed by atoms with Gasteiger partial charge in [-0.15, -0.1) is 0 Å². The molecule has 330 valence electrons. The van der Waals surface area contributed by atoms with Gasteiger partial charge in [-0.2, -0.15) is 0 Å². The van der Waals surface area contributed by atoms with Gasteiger partial charge in [-0.3, -0.25) is 18.6 Å². The molecule has 0 heterocycles. The second-order valence-electron chi connectivity index (χ2n) is 15.0. The Bertz CT molecular complexity index is 1120. The van der Waals surface area contributed by atoms with Gasteiger partial charge >= 0.3 is 13.8 Å². The summed E-state index contributed by atoms with van der Waals surface area (Å²) in [5.74, 6) is -0.539. The number of ether oxygens (including phenoxy) is 1. The first kappa shape index (κ1) is 54.7. The van der Waals surface area contributed by atoms with Crippen LogP contribution in [0, 0.1) is 0 Å². The standard InChI is InChI=1S/C47H84NO8P/c1-3-5-7-9-11-13-15-17-19-21-22-24-25-27-29-31-33-35-37-39-46(50)48-41-42-55-57(52,53)56-44-45(49)43-54-47(51)40-38-36-34-32-30-28-26-23-20-18-16-14-12-10-8-6-4-2/h11-14,17-20,22,24,45,49H,3-10,15-16,21,23,25-44H2,1-2H3,(H,48,50)(H,52,53)/b13-11-,14-12-,19-17-,20-18-,24-22-. The van der Waals surface area contributed by atoms with Gasteiger partial charge in [0.25, 0.3) is 0 Å². The summed E-state index contributed by atoms with van der Waals surface area (Å²) >= 11 is 0. The van der Waals surface area contributed by atoms with E-state index in [1.165, 1.54) is 83.5 Å². The number of rotatable bonds is 42. The lowest BCUT2D eigenvalue weighted by Gasteiger charge is -2.15. The third kappa shape index (κ3) is 44.7. The Hall–Kier alpha value is -2.29. The zero-order chi connectivity index (χ0) is 41.8. The minimum atomic E-state index is -4.43. The van der Waals surface area contributed by atoms with Crippen molar-refractivity contribution < 1.29 is 37.9 Å². The number of nitrogens with one attached hydrogen (secondary N) is 1. The third-order valence-corrected chi connectivity index (χ3v) is 10.4. The summed E-state index contributed by atoms with van der Waals surface area (Å²) in [6, 6.07) is 0. The molecule has 0 aliphatic carbocycles. The van der Waals surface area contributed by atoms with Crippen LogP contribution in [0.5, 0.6) is 0 Å². The smallest absolute Gasteiger partial charge is 0.463 e. The number of hydrogen-bond donors (Lipinski definition) is 3. The number of allylic oxidation sites excluding steroid dienone is 10. The maximum Gasteiger partial charge on any atom is 0.472 e. The summed E-state index contributed by atoms with van der Waals surface area (Å²) in [5.41, 5.74) is 0. The number of aliphatic hydroxyl groups excluding tert-OH is 1. The van der Waals surface area contributed by atoms with Gasteiger partial charge in [-0.25, -0.2) is 4.57 Å². The van der Waals surface area contributed by atoms with E-state index in [9.17, 15) is 24.2 Å². The number of aliphatic hydroxyl groups is 1. The zero-order valence-corrected chi connectivity index (χ0v) is 37.2. The molecule has 0 aromatic rings. The van der Waals surface area contributed by atoms with Crippen LogP contribution in [-0.2, 0) is 27.9 Å². The van der Waals surface area contributed by atoms with E-state index in [4.69, 9.17) is 13.8 Å². The van der Waals surface area contributed by atoms with E-state index in [2.05, 4.69) is 79.9 Å². The lowest BCUT2D eigenvalue weighted by Crippen LogP contribution is -2.27. The van der Waals surface area contributed by atoms with Crippen LogP contribution in [-0.4, -0.2) is 54.3 Å². The summed E-state index contributed by atoms with van der Waals surface area (Å²) in [6.45, 7) is 3.47. The largest absolute Gasteiger partial charge is 0.472 e. The summed E-state index contributed by atoms with van der Waals surface area (Å²) in [4.78, 5) is 34.0. The Morgan fingerprint density at radius 3 is 1.42 bits per heavy atom. The first-order valence-corrected chi connectivity index (χ1v) is 24.3. The number of hydrogen-bond acceptors (Lipinski definition) is 7. The Morgan fingerprint density at radius 2 is 0.947 bits per heavy atom. The Balaban J connectivity index is 3.63. The first-order chi connectivity index (χ1) is 27.8. The van der Waals surface area contributed by atoms with Gasteiger partial charge < -0.3 is 20.1 Å². The van der Waals surface area contributed by atoms with Crippen molar-refractivity contribution in [1.29, 1.82) is 0 Å². The molecule has 0 bridgehead atoms. The van der Waals surface area contributed by atoms with Crippen molar-refractivity contribution in [3.63, 3.8) is 0 Å². The zero-order valence-electron chi connectivity index (χ0n) is 36.3. The molecule has 0 saturated carbocycles. The van der Waals surface area contributed by atoms with Crippen molar-refractivity contribution in [1.82, 2.24) is 5.32 Å². The second-order valence-corrected chi connectivity index (χ2v) is 16.5. The number of carbonyl (C=O) groups is 2. The van der Waals surface area contributed by atoms with Gasteiger partial charge in [0.05, 0.1) is 13.2 Å². The molecule has 0 aliphatic rings. The van der Waals surface area contributed by atoms with Crippen LogP contribution >= 0.6 is 7.82 Å². The summed E-state index contributed by atoms with van der Waals surface area (Å²) in [7, 11) is -4.43. The van der Waals surface area contributed by atoms with Gasteiger partial charge in [0.15, 0.2) is 0 Å². The van der Waals surface area contributed by atoms with E-state index in [-0.39, 0.29) is 32.1 Å². The molecule has 2 atom stereocenters.